The molecule has 0 aliphatic carbocycles. The third-order valence-electron chi connectivity index (χ3n) is 2.45. The van der Waals surface area contributed by atoms with Crippen LogP contribution in [-0.4, -0.2) is 26.9 Å². The average molecular weight is 211 g/mol. The highest BCUT2D eigenvalue weighted by Gasteiger charge is 2.14. The summed E-state index contributed by atoms with van der Waals surface area (Å²) in [4.78, 5) is 10.5. The predicted molar refractivity (Wildman–Crippen MR) is 56.5 cm³/mol. The second kappa shape index (κ2) is 4.93. The van der Waals surface area contributed by atoms with E-state index in [1.54, 1.807) is 0 Å². The summed E-state index contributed by atoms with van der Waals surface area (Å²) in [5.74, 6) is -0.993. The maximum atomic E-state index is 10.5. The summed E-state index contributed by atoms with van der Waals surface area (Å²) >= 11 is 0. The van der Waals surface area contributed by atoms with Crippen molar-refractivity contribution in [2.75, 3.05) is 0 Å². The number of nitrogens with two attached hydrogens (primary N) is 1. The van der Waals surface area contributed by atoms with E-state index in [4.69, 9.17) is 10.8 Å². The molecule has 1 rings (SSSR count). The van der Waals surface area contributed by atoms with Crippen LogP contribution in [0.25, 0.3) is 0 Å². The molecular weight excluding hydrogens is 194 g/mol. The molecule has 0 bridgehead atoms. The number of aliphatic carboxylic acids is 1. The van der Waals surface area contributed by atoms with Crippen LogP contribution in [-0.2, 0) is 11.2 Å². The Morgan fingerprint density at radius 3 is 2.93 bits per heavy atom. The smallest absolute Gasteiger partial charge is 0.320 e. The fourth-order valence-electron chi connectivity index (χ4n) is 1.23. The molecule has 0 saturated carbocycles. The van der Waals surface area contributed by atoms with Crippen molar-refractivity contribution < 1.29 is 9.90 Å². The Morgan fingerprint density at radius 2 is 2.40 bits per heavy atom. The third kappa shape index (κ3) is 3.06. The Balaban J connectivity index is 2.64. The number of rotatable bonds is 5. The number of hydrogen-bond donors (Lipinski definition) is 2. The fourth-order valence-corrected chi connectivity index (χ4v) is 1.23. The number of carboxylic acids is 1. The van der Waals surface area contributed by atoms with E-state index in [-0.39, 0.29) is 6.42 Å². The lowest BCUT2D eigenvalue weighted by Crippen LogP contribution is -2.32. The van der Waals surface area contributed by atoms with Crippen molar-refractivity contribution in [1.82, 2.24) is 9.78 Å². The molecule has 84 valence electrons. The molecule has 0 aliphatic heterocycles. The van der Waals surface area contributed by atoms with Crippen LogP contribution >= 0.6 is 0 Å². The molecule has 2 atom stereocenters. The lowest BCUT2D eigenvalue weighted by atomic mass is 10.2. The first kappa shape index (κ1) is 11.7. The predicted octanol–water partition coefficient (Wildman–Crippen LogP) is 0.808. The zero-order valence-electron chi connectivity index (χ0n) is 9.05. The topological polar surface area (TPSA) is 81.1 Å². The van der Waals surface area contributed by atoms with Crippen molar-refractivity contribution in [3.05, 3.63) is 18.0 Å². The van der Waals surface area contributed by atoms with Gasteiger partial charge in [-0.1, -0.05) is 6.92 Å². The molecule has 3 N–H and O–H groups in total. The van der Waals surface area contributed by atoms with Gasteiger partial charge in [-0.05, 0) is 19.4 Å². The number of carbonyl (C=O) groups is 1. The van der Waals surface area contributed by atoms with Gasteiger partial charge in [-0.2, -0.15) is 5.10 Å². The van der Waals surface area contributed by atoms with Gasteiger partial charge < -0.3 is 10.8 Å². The zero-order valence-corrected chi connectivity index (χ0v) is 9.05. The molecule has 0 saturated heterocycles. The van der Waals surface area contributed by atoms with Crippen LogP contribution in [0.1, 0.15) is 32.0 Å². The summed E-state index contributed by atoms with van der Waals surface area (Å²) in [5, 5.41) is 12.9. The van der Waals surface area contributed by atoms with Crippen LogP contribution in [0, 0.1) is 0 Å². The van der Waals surface area contributed by atoms with Gasteiger partial charge in [-0.15, -0.1) is 0 Å². The SMILES string of the molecule is CCC(C)n1ccc(C[C@@H](N)C(=O)O)n1. The normalized spacial score (nSPS) is 14.9. The van der Waals surface area contributed by atoms with E-state index < -0.39 is 12.0 Å². The highest BCUT2D eigenvalue weighted by atomic mass is 16.4. The summed E-state index contributed by atoms with van der Waals surface area (Å²) in [5.41, 5.74) is 6.14. The Kier molecular flexibility index (Phi) is 3.85. The number of nitrogens with zero attached hydrogens (tertiary/aromatic N) is 2. The van der Waals surface area contributed by atoms with Crippen LogP contribution in [0.5, 0.6) is 0 Å². The van der Waals surface area contributed by atoms with Gasteiger partial charge in [-0.25, -0.2) is 0 Å². The maximum Gasteiger partial charge on any atom is 0.320 e. The average Bonchev–Trinajstić information content (AvgIpc) is 2.65. The highest BCUT2D eigenvalue weighted by molar-refractivity contribution is 5.73. The van der Waals surface area contributed by atoms with Gasteiger partial charge in [-0.3, -0.25) is 9.48 Å². The first-order chi connectivity index (χ1) is 7.04. The monoisotopic (exact) mass is 211 g/mol. The van der Waals surface area contributed by atoms with Crippen molar-refractivity contribution in [2.45, 2.75) is 38.8 Å². The van der Waals surface area contributed by atoms with Gasteiger partial charge in [0.25, 0.3) is 0 Å². The Labute approximate surface area is 88.9 Å². The van der Waals surface area contributed by atoms with Crippen molar-refractivity contribution >= 4 is 5.97 Å². The molecule has 0 aliphatic rings. The van der Waals surface area contributed by atoms with Gasteiger partial charge in [0.2, 0.25) is 0 Å². The van der Waals surface area contributed by atoms with Crippen molar-refractivity contribution in [2.24, 2.45) is 5.73 Å². The molecule has 0 aromatic carbocycles. The van der Waals surface area contributed by atoms with Crippen molar-refractivity contribution in [1.29, 1.82) is 0 Å². The number of carboxylic acid groups (broad SMARTS) is 1. The summed E-state index contributed by atoms with van der Waals surface area (Å²) in [6.07, 6.45) is 3.13. The molecule has 1 unspecified atom stereocenters. The molecular formula is C10H17N3O2. The first-order valence-electron chi connectivity index (χ1n) is 5.07. The molecule has 5 heteroatoms. The third-order valence-corrected chi connectivity index (χ3v) is 2.45. The summed E-state index contributed by atoms with van der Waals surface area (Å²) in [7, 11) is 0. The quantitative estimate of drug-likeness (QED) is 0.755. The number of hydrogen-bond acceptors (Lipinski definition) is 3. The molecule has 5 nitrogen and oxygen atoms in total. The van der Waals surface area contributed by atoms with Gasteiger partial charge in [0.05, 0.1) is 5.69 Å². The lowest BCUT2D eigenvalue weighted by molar-refractivity contribution is -0.138. The van der Waals surface area contributed by atoms with E-state index in [0.717, 1.165) is 12.1 Å². The van der Waals surface area contributed by atoms with Crippen LogP contribution in [0.15, 0.2) is 12.3 Å². The summed E-state index contributed by atoms with van der Waals surface area (Å²) in [6, 6.07) is 1.28. The van der Waals surface area contributed by atoms with E-state index in [1.807, 2.05) is 16.9 Å². The summed E-state index contributed by atoms with van der Waals surface area (Å²) in [6.45, 7) is 4.14. The Morgan fingerprint density at radius 1 is 1.73 bits per heavy atom. The molecule has 0 radical (unpaired) electrons. The molecule has 1 heterocycles. The largest absolute Gasteiger partial charge is 0.480 e. The molecule has 1 aromatic heterocycles. The van der Waals surface area contributed by atoms with Gasteiger partial charge in [0.1, 0.15) is 6.04 Å². The van der Waals surface area contributed by atoms with Crippen LogP contribution in [0.2, 0.25) is 0 Å². The van der Waals surface area contributed by atoms with Crippen molar-refractivity contribution in [3.63, 3.8) is 0 Å². The van der Waals surface area contributed by atoms with Crippen LogP contribution in [0.4, 0.5) is 0 Å². The minimum Gasteiger partial charge on any atom is -0.480 e. The van der Waals surface area contributed by atoms with Gasteiger partial charge in [0.15, 0.2) is 0 Å². The van der Waals surface area contributed by atoms with E-state index >= 15 is 0 Å². The van der Waals surface area contributed by atoms with Crippen LogP contribution < -0.4 is 5.73 Å². The van der Waals surface area contributed by atoms with E-state index in [9.17, 15) is 4.79 Å². The van der Waals surface area contributed by atoms with Gasteiger partial charge >= 0.3 is 5.97 Å². The fraction of sp³-hybridized carbons (Fsp3) is 0.600. The first-order valence-corrected chi connectivity index (χ1v) is 5.07. The van der Waals surface area contributed by atoms with Crippen molar-refractivity contribution in [3.8, 4) is 0 Å². The standard InChI is InChI=1S/C10H17N3O2/c1-3-7(2)13-5-4-8(12-13)6-9(11)10(14)15/h4-5,7,9H,3,6,11H2,1-2H3,(H,14,15)/t7?,9-/m1/s1. The highest BCUT2D eigenvalue weighted by Crippen LogP contribution is 2.09. The second-order valence-electron chi connectivity index (χ2n) is 3.69. The zero-order chi connectivity index (χ0) is 11.4. The van der Waals surface area contributed by atoms with E-state index in [0.29, 0.717) is 6.04 Å². The van der Waals surface area contributed by atoms with Gasteiger partial charge in [0, 0.05) is 18.7 Å². The summed E-state index contributed by atoms with van der Waals surface area (Å²) < 4.78 is 1.84. The number of aromatic nitrogens is 2. The molecule has 0 fully saturated rings. The molecule has 1 aromatic rings. The van der Waals surface area contributed by atoms with Crippen LogP contribution in [0.3, 0.4) is 0 Å². The van der Waals surface area contributed by atoms with E-state index in [2.05, 4.69) is 18.9 Å². The maximum absolute atomic E-state index is 10.5. The van der Waals surface area contributed by atoms with E-state index in [1.165, 1.54) is 0 Å². The lowest BCUT2D eigenvalue weighted by Gasteiger charge is -2.08. The Hall–Kier alpha value is -1.36. The second-order valence-corrected chi connectivity index (χ2v) is 3.69. The minimum atomic E-state index is -0.993. The molecule has 0 amide bonds. The minimum absolute atomic E-state index is 0.277. The Bertz CT molecular complexity index is 335. The molecule has 0 spiro atoms. The molecule has 15 heavy (non-hydrogen) atoms.